The molecule has 3 aromatic carbocycles. The Morgan fingerprint density at radius 2 is 1.35 bits per heavy atom. The Morgan fingerprint density at radius 1 is 0.731 bits per heavy atom. The van der Waals surface area contributed by atoms with Crippen LogP contribution in [0.4, 0.5) is 0 Å². The van der Waals surface area contributed by atoms with Crippen molar-refractivity contribution in [2.75, 3.05) is 14.2 Å². The molecule has 0 heterocycles. The molecule has 3 rings (SSSR count). The number of carbonyl (C=O) groups excluding carboxylic acids is 1. The van der Waals surface area contributed by atoms with Crippen LogP contribution in [-0.4, -0.2) is 20.2 Å². The van der Waals surface area contributed by atoms with Gasteiger partial charge in [0.25, 0.3) is 0 Å². The van der Waals surface area contributed by atoms with Crippen LogP contribution in [0, 0.1) is 11.8 Å². The van der Waals surface area contributed by atoms with Gasteiger partial charge in [-0.05, 0) is 47.2 Å². The number of ether oxygens (including phenoxy) is 3. The average molecular weight is 346 g/mol. The van der Waals surface area contributed by atoms with Crippen molar-refractivity contribution in [3.8, 4) is 29.1 Å². The van der Waals surface area contributed by atoms with Crippen LogP contribution < -0.4 is 14.2 Å². The zero-order valence-corrected chi connectivity index (χ0v) is 14.8. The molecular formula is C22H18O4. The fourth-order valence-corrected chi connectivity index (χ4v) is 2.55. The normalized spacial score (nSPS) is 9.96. The van der Waals surface area contributed by atoms with Crippen molar-refractivity contribution in [1.29, 1.82) is 0 Å². The molecule has 26 heavy (non-hydrogen) atoms. The van der Waals surface area contributed by atoms with Gasteiger partial charge in [-0.3, -0.25) is 4.79 Å². The molecule has 0 aromatic heterocycles. The van der Waals surface area contributed by atoms with Gasteiger partial charge in [0.2, 0.25) is 0 Å². The van der Waals surface area contributed by atoms with Gasteiger partial charge in [-0.25, -0.2) is 0 Å². The molecule has 0 unspecified atom stereocenters. The van der Waals surface area contributed by atoms with E-state index in [1.54, 1.807) is 20.3 Å². The van der Waals surface area contributed by atoms with Crippen LogP contribution in [0.5, 0.6) is 17.2 Å². The minimum Gasteiger partial charge on any atom is -0.497 e. The van der Waals surface area contributed by atoms with Gasteiger partial charge < -0.3 is 14.2 Å². The summed E-state index contributed by atoms with van der Waals surface area (Å²) in [4.78, 5) is 11.1. The summed E-state index contributed by atoms with van der Waals surface area (Å²) in [6, 6.07) is 16.9. The van der Waals surface area contributed by atoms with Gasteiger partial charge in [0.1, 0.15) is 17.2 Å². The quantitative estimate of drug-likeness (QED) is 0.405. The lowest BCUT2D eigenvalue weighted by Gasteiger charge is -2.05. The summed E-state index contributed by atoms with van der Waals surface area (Å²) in [5, 5.41) is 2.01. The number of rotatable bonds is 3. The van der Waals surface area contributed by atoms with Crippen LogP contribution in [0.3, 0.4) is 0 Å². The van der Waals surface area contributed by atoms with Crippen molar-refractivity contribution in [2.24, 2.45) is 0 Å². The third-order valence-corrected chi connectivity index (χ3v) is 3.78. The standard InChI is InChI=1S/C22H18O4/c1-15(23)26-20-9-8-18-10-16(6-7-19(18)13-20)4-5-17-11-21(24-2)14-22(12-17)25-3/h6-14H,1-3H3. The van der Waals surface area contributed by atoms with Gasteiger partial charge in [-0.15, -0.1) is 0 Å². The third kappa shape index (κ3) is 4.14. The largest absolute Gasteiger partial charge is 0.497 e. The highest BCUT2D eigenvalue weighted by atomic mass is 16.5. The molecule has 3 aromatic rings. The van der Waals surface area contributed by atoms with Crippen LogP contribution in [0.1, 0.15) is 18.1 Å². The van der Waals surface area contributed by atoms with Crippen LogP contribution in [0.25, 0.3) is 10.8 Å². The van der Waals surface area contributed by atoms with Crippen molar-refractivity contribution >= 4 is 16.7 Å². The second-order valence-corrected chi connectivity index (χ2v) is 5.67. The molecule has 0 spiro atoms. The Morgan fingerprint density at radius 3 is 2.00 bits per heavy atom. The number of benzene rings is 3. The molecule has 4 nitrogen and oxygen atoms in total. The number of methoxy groups -OCH3 is 2. The first-order valence-electron chi connectivity index (χ1n) is 8.05. The summed E-state index contributed by atoms with van der Waals surface area (Å²) >= 11 is 0. The summed E-state index contributed by atoms with van der Waals surface area (Å²) in [7, 11) is 3.22. The number of carbonyl (C=O) groups is 1. The van der Waals surface area contributed by atoms with Gasteiger partial charge in [0, 0.05) is 24.1 Å². The zero-order valence-electron chi connectivity index (χ0n) is 14.8. The van der Waals surface area contributed by atoms with E-state index in [4.69, 9.17) is 14.2 Å². The molecule has 0 amide bonds. The fraction of sp³-hybridized carbons (Fsp3) is 0.136. The topological polar surface area (TPSA) is 44.8 Å². The van der Waals surface area contributed by atoms with Crippen molar-refractivity contribution < 1.29 is 19.0 Å². The predicted molar refractivity (Wildman–Crippen MR) is 101 cm³/mol. The fourth-order valence-electron chi connectivity index (χ4n) is 2.55. The second-order valence-electron chi connectivity index (χ2n) is 5.67. The van der Waals surface area contributed by atoms with Gasteiger partial charge >= 0.3 is 5.97 Å². The molecule has 0 N–H and O–H groups in total. The Bertz CT molecular complexity index is 1000. The molecule has 0 radical (unpaired) electrons. The highest BCUT2D eigenvalue weighted by Crippen LogP contribution is 2.23. The second kappa shape index (κ2) is 7.62. The van der Waals surface area contributed by atoms with Gasteiger partial charge in [0.15, 0.2) is 0 Å². The molecule has 0 saturated heterocycles. The van der Waals surface area contributed by atoms with E-state index >= 15 is 0 Å². The van der Waals surface area contributed by atoms with E-state index in [0.29, 0.717) is 17.2 Å². The van der Waals surface area contributed by atoms with Gasteiger partial charge in [-0.1, -0.05) is 24.0 Å². The summed E-state index contributed by atoms with van der Waals surface area (Å²) in [6.45, 7) is 1.39. The number of hydrogen-bond acceptors (Lipinski definition) is 4. The summed E-state index contributed by atoms with van der Waals surface area (Å²) in [5.74, 6) is 7.89. The van der Waals surface area contributed by atoms with E-state index in [0.717, 1.165) is 21.9 Å². The molecule has 0 saturated carbocycles. The number of hydrogen-bond donors (Lipinski definition) is 0. The first-order valence-corrected chi connectivity index (χ1v) is 8.05. The summed E-state index contributed by atoms with van der Waals surface area (Å²) in [6.07, 6.45) is 0. The van der Waals surface area contributed by atoms with E-state index in [1.165, 1.54) is 6.92 Å². The molecule has 0 atom stereocenters. The highest BCUT2D eigenvalue weighted by Gasteiger charge is 2.02. The number of fused-ring (bicyclic) bond motifs is 1. The van der Waals surface area contributed by atoms with Crippen LogP contribution in [-0.2, 0) is 4.79 Å². The lowest BCUT2D eigenvalue weighted by molar-refractivity contribution is -0.131. The third-order valence-electron chi connectivity index (χ3n) is 3.78. The number of esters is 1. The maximum absolute atomic E-state index is 11.1. The molecule has 0 aliphatic carbocycles. The predicted octanol–water partition coefficient (Wildman–Crippen LogP) is 4.18. The lowest BCUT2D eigenvalue weighted by atomic mass is 10.1. The molecular weight excluding hydrogens is 328 g/mol. The minimum absolute atomic E-state index is 0.333. The van der Waals surface area contributed by atoms with E-state index < -0.39 is 0 Å². The lowest BCUT2D eigenvalue weighted by Crippen LogP contribution is -2.00. The minimum atomic E-state index is -0.333. The molecule has 0 bridgehead atoms. The summed E-state index contributed by atoms with van der Waals surface area (Å²) < 4.78 is 15.6. The first-order chi connectivity index (χ1) is 12.6. The Kier molecular flexibility index (Phi) is 5.09. The van der Waals surface area contributed by atoms with Crippen LogP contribution >= 0.6 is 0 Å². The molecule has 0 aliphatic rings. The Labute approximate surface area is 152 Å². The highest BCUT2D eigenvalue weighted by molar-refractivity contribution is 5.86. The van der Waals surface area contributed by atoms with E-state index in [2.05, 4.69) is 11.8 Å². The van der Waals surface area contributed by atoms with Crippen LogP contribution in [0.2, 0.25) is 0 Å². The van der Waals surface area contributed by atoms with Crippen molar-refractivity contribution in [2.45, 2.75) is 6.92 Å². The molecule has 0 aliphatic heterocycles. The first kappa shape index (κ1) is 17.4. The monoisotopic (exact) mass is 346 g/mol. The average Bonchev–Trinajstić information content (AvgIpc) is 2.65. The summed E-state index contributed by atoms with van der Waals surface area (Å²) in [5.41, 5.74) is 1.70. The van der Waals surface area contributed by atoms with E-state index in [-0.39, 0.29) is 5.97 Å². The molecule has 0 fully saturated rings. The van der Waals surface area contributed by atoms with Crippen molar-refractivity contribution in [3.05, 3.63) is 65.7 Å². The van der Waals surface area contributed by atoms with Gasteiger partial charge in [-0.2, -0.15) is 0 Å². The molecule has 4 heteroatoms. The zero-order chi connectivity index (χ0) is 18.5. The Balaban J connectivity index is 1.90. The maximum atomic E-state index is 11.1. The van der Waals surface area contributed by atoms with Crippen molar-refractivity contribution in [3.63, 3.8) is 0 Å². The molecule has 130 valence electrons. The SMILES string of the molecule is COc1cc(C#Cc2ccc3cc(OC(C)=O)ccc3c2)cc(OC)c1. The Hall–Kier alpha value is -3.45. The van der Waals surface area contributed by atoms with Gasteiger partial charge in [0.05, 0.1) is 14.2 Å². The van der Waals surface area contributed by atoms with E-state index in [9.17, 15) is 4.79 Å². The maximum Gasteiger partial charge on any atom is 0.308 e. The van der Waals surface area contributed by atoms with Crippen molar-refractivity contribution in [1.82, 2.24) is 0 Å². The van der Waals surface area contributed by atoms with E-state index in [1.807, 2.05) is 48.5 Å². The van der Waals surface area contributed by atoms with Crippen LogP contribution in [0.15, 0.2) is 54.6 Å². The smallest absolute Gasteiger partial charge is 0.308 e.